The standard InChI is InChI=1S/C20H24FN3O/c1-15(22-18-7-5-6-16(21)14-18)20(25)23-17-8-10-19(11-9-17)24-12-3-2-4-13-24/h5-11,14-15,22H,2-4,12-13H2,1H3,(H,23,25)/t15-/m1/s1. The van der Waals surface area contributed by atoms with E-state index in [2.05, 4.69) is 15.5 Å². The normalized spacial score (nSPS) is 15.5. The first-order valence-corrected chi connectivity index (χ1v) is 8.80. The minimum atomic E-state index is -0.469. The molecule has 3 rings (SSSR count). The van der Waals surface area contributed by atoms with Gasteiger partial charge in [0.1, 0.15) is 11.9 Å². The summed E-state index contributed by atoms with van der Waals surface area (Å²) in [5.74, 6) is -0.485. The number of hydrogen-bond acceptors (Lipinski definition) is 3. The third-order valence-corrected chi connectivity index (χ3v) is 4.46. The Kier molecular flexibility index (Phi) is 5.53. The molecule has 5 heteroatoms. The van der Waals surface area contributed by atoms with Gasteiger partial charge in [0, 0.05) is 30.2 Å². The summed E-state index contributed by atoms with van der Waals surface area (Å²) in [6.07, 6.45) is 3.78. The molecule has 0 radical (unpaired) electrons. The van der Waals surface area contributed by atoms with E-state index in [1.807, 2.05) is 24.3 Å². The fraction of sp³-hybridized carbons (Fsp3) is 0.350. The van der Waals surface area contributed by atoms with Crippen LogP contribution in [-0.4, -0.2) is 25.0 Å². The van der Waals surface area contributed by atoms with E-state index in [0.717, 1.165) is 18.8 Å². The van der Waals surface area contributed by atoms with Gasteiger partial charge in [-0.3, -0.25) is 4.79 Å². The molecule has 0 aliphatic carbocycles. The van der Waals surface area contributed by atoms with E-state index in [4.69, 9.17) is 0 Å². The first-order valence-electron chi connectivity index (χ1n) is 8.80. The van der Waals surface area contributed by atoms with Crippen LogP contribution in [0.15, 0.2) is 48.5 Å². The Morgan fingerprint density at radius 1 is 1.04 bits per heavy atom. The second kappa shape index (κ2) is 8.01. The molecule has 1 fully saturated rings. The van der Waals surface area contributed by atoms with E-state index in [-0.39, 0.29) is 11.7 Å². The fourth-order valence-electron chi connectivity index (χ4n) is 3.05. The molecule has 4 nitrogen and oxygen atoms in total. The number of carbonyl (C=O) groups excluding carboxylic acids is 1. The van der Waals surface area contributed by atoms with Crippen molar-refractivity contribution in [2.45, 2.75) is 32.2 Å². The van der Waals surface area contributed by atoms with Gasteiger partial charge in [0.05, 0.1) is 0 Å². The summed E-state index contributed by atoms with van der Waals surface area (Å²) in [5, 5.41) is 5.90. The van der Waals surface area contributed by atoms with Gasteiger partial charge in [-0.05, 0) is 68.7 Å². The molecule has 0 saturated carbocycles. The van der Waals surface area contributed by atoms with Crippen LogP contribution in [0.5, 0.6) is 0 Å². The molecule has 25 heavy (non-hydrogen) atoms. The highest BCUT2D eigenvalue weighted by molar-refractivity contribution is 5.96. The summed E-state index contributed by atoms with van der Waals surface area (Å²) in [5.41, 5.74) is 2.55. The SMILES string of the molecule is C[C@@H](Nc1cccc(F)c1)C(=O)Nc1ccc(N2CCCCC2)cc1. The maximum Gasteiger partial charge on any atom is 0.246 e. The predicted octanol–water partition coefficient (Wildman–Crippen LogP) is 4.26. The van der Waals surface area contributed by atoms with Crippen LogP contribution in [0.25, 0.3) is 0 Å². The van der Waals surface area contributed by atoms with Gasteiger partial charge in [-0.2, -0.15) is 0 Å². The highest BCUT2D eigenvalue weighted by atomic mass is 19.1. The van der Waals surface area contributed by atoms with Crippen molar-refractivity contribution in [3.8, 4) is 0 Å². The average molecular weight is 341 g/mol. The van der Waals surface area contributed by atoms with Crippen LogP contribution in [0.1, 0.15) is 26.2 Å². The predicted molar refractivity (Wildman–Crippen MR) is 101 cm³/mol. The van der Waals surface area contributed by atoms with E-state index >= 15 is 0 Å². The average Bonchev–Trinajstić information content (AvgIpc) is 2.63. The highest BCUT2D eigenvalue weighted by Crippen LogP contribution is 2.22. The minimum absolute atomic E-state index is 0.157. The van der Waals surface area contributed by atoms with Crippen molar-refractivity contribution in [2.75, 3.05) is 28.6 Å². The Bertz CT molecular complexity index is 711. The third kappa shape index (κ3) is 4.72. The van der Waals surface area contributed by atoms with E-state index < -0.39 is 6.04 Å². The van der Waals surface area contributed by atoms with Crippen LogP contribution in [0, 0.1) is 5.82 Å². The summed E-state index contributed by atoms with van der Waals surface area (Å²) in [6, 6.07) is 13.6. The van der Waals surface area contributed by atoms with Gasteiger partial charge >= 0.3 is 0 Å². The lowest BCUT2D eigenvalue weighted by atomic mass is 10.1. The maximum absolute atomic E-state index is 13.2. The Morgan fingerprint density at radius 2 is 1.76 bits per heavy atom. The van der Waals surface area contributed by atoms with Gasteiger partial charge in [-0.25, -0.2) is 4.39 Å². The van der Waals surface area contributed by atoms with Crippen LogP contribution in [0.3, 0.4) is 0 Å². The molecule has 0 unspecified atom stereocenters. The van der Waals surface area contributed by atoms with Crippen molar-refractivity contribution in [1.29, 1.82) is 0 Å². The van der Waals surface area contributed by atoms with E-state index in [1.54, 1.807) is 19.1 Å². The number of benzene rings is 2. The topological polar surface area (TPSA) is 44.4 Å². The van der Waals surface area contributed by atoms with E-state index in [9.17, 15) is 9.18 Å². The number of nitrogens with zero attached hydrogens (tertiary/aromatic N) is 1. The van der Waals surface area contributed by atoms with Crippen LogP contribution in [0.4, 0.5) is 21.5 Å². The first-order chi connectivity index (χ1) is 12.1. The molecule has 1 aliphatic rings. The third-order valence-electron chi connectivity index (χ3n) is 4.46. The number of nitrogens with one attached hydrogen (secondary N) is 2. The van der Waals surface area contributed by atoms with Gasteiger partial charge in [-0.1, -0.05) is 6.07 Å². The van der Waals surface area contributed by atoms with Gasteiger partial charge < -0.3 is 15.5 Å². The summed E-state index contributed by atoms with van der Waals surface area (Å²) < 4.78 is 13.2. The molecule has 0 aromatic heterocycles. The Labute approximate surface area is 148 Å². The quantitative estimate of drug-likeness (QED) is 0.854. The lowest BCUT2D eigenvalue weighted by Crippen LogP contribution is -2.32. The largest absolute Gasteiger partial charge is 0.374 e. The molecule has 132 valence electrons. The molecule has 0 bridgehead atoms. The molecule has 1 saturated heterocycles. The lowest BCUT2D eigenvalue weighted by Gasteiger charge is -2.28. The van der Waals surface area contributed by atoms with Crippen LogP contribution in [0.2, 0.25) is 0 Å². The molecule has 2 aromatic carbocycles. The summed E-state index contributed by atoms with van der Waals surface area (Å²) >= 11 is 0. The fourth-order valence-corrected chi connectivity index (χ4v) is 3.05. The van der Waals surface area contributed by atoms with E-state index in [0.29, 0.717) is 5.69 Å². The minimum Gasteiger partial charge on any atom is -0.374 e. The van der Waals surface area contributed by atoms with Gasteiger partial charge in [0.15, 0.2) is 0 Å². The van der Waals surface area contributed by atoms with Gasteiger partial charge in [0.25, 0.3) is 0 Å². The van der Waals surface area contributed by atoms with Crippen molar-refractivity contribution in [3.05, 3.63) is 54.3 Å². The maximum atomic E-state index is 13.2. The van der Waals surface area contributed by atoms with Crippen LogP contribution < -0.4 is 15.5 Å². The number of piperidine rings is 1. The Hall–Kier alpha value is -2.56. The monoisotopic (exact) mass is 341 g/mol. The number of carbonyl (C=O) groups is 1. The van der Waals surface area contributed by atoms with E-state index in [1.165, 1.54) is 37.1 Å². The van der Waals surface area contributed by atoms with Crippen molar-refractivity contribution in [2.24, 2.45) is 0 Å². The molecule has 1 heterocycles. The molecule has 2 aromatic rings. The Morgan fingerprint density at radius 3 is 2.44 bits per heavy atom. The number of amides is 1. The van der Waals surface area contributed by atoms with Crippen molar-refractivity contribution < 1.29 is 9.18 Å². The Balaban J connectivity index is 1.56. The first kappa shape index (κ1) is 17.3. The molecule has 1 atom stereocenters. The molecular formula is C20H24FN3O. The zero-order valence-electron chi connectivity index (χ0n) is 14.5. The van der Waals surface area contributed by atoms with Gasteiger partial charge in [0.2, 0.25) is 5.91 Å². The molecule has 2 N–H and O–H groups in total. The summed E-state index contributed by atoms with van der Waals surface area (Å²) in [4.78, 5) is 14.7. The summed E-state index contributed by atoms with van der Waals surface area (Å²) in [7, 11) is 0. The number of halogens is 1. The zero-order chi connectivity index (χ0) is 17.6. The van der Waals surface area contributed by atoms with Crippen molar-refractivity contribution in [3.63, 3.8) is 0 Å². The summed E-state index contributed by atoms with van der Waals surface area (Å²) in [6.45, 7) is 3.95. The number of rotatable bonds is 5. The molecule has 1 amide bonds. The van der Waals surface area contributed by atoms with Crippen molar-refractivity contribution in [1.82, 2.24) is 0 Å². The second-order valence-corrected chi connectivity index (χ2v) is 6.46. The smallest absolute Gasteiger partial charge is 0.246 e. The highest BCUT2D eigenvalue weighted by Gasteiger charge is 2.14. The lowest BCUT2D eigenvalue weighted by molar-refractivity contribution is -0.116. The number of hydrogen-bond donors (Lipinski definition) is 2. The number of anilines is 3. The molecule has 1 aliphatic heterocycles. The van der Waals surface area contributed by atoms with Gasteiger partial charge in [-0.15, -0.1) is 0 Å². The second-order valence-electron chi connectivity index (χ2n) is 6.46. The molecular weight excluding hydrogens is 317 g/mol. The van der Waals surface area contributed by atoms with Crippen molar-refractivity contribution >= 4 is 23.0 Å². The van der Waals surface area contributed by atoms with Crippen LogP contribution in [-0.2, 0) is 4.79 Å². The zero-order valence-corrected chi connectivity index (χ0v) is 14.5. The molecule has 0 spiro atoms. The van der Waals surface area contributed by atoms with Crippen LogP contribution >= 0.6 is 0 Å².